The summed E-state index contributed by atoms with van der Waals surface area (Å²) in [5.74, 6) is 0.984. The van der Waals surface area contributed by atoms with Gasteiger partial charge in [0.15, 0.2) is 0 Å². The molecule has 1 fully saturated rings. The molecule has 0 bridgehead atoms. The number of benzene rings is 1. The highest BCUT2D eigenvalue weighted by Crippen LogP contribution is 2.40. The fraction of sp³-hybridized carbons (Fsp3) is 0.500. The summed E-state index contributed by atoms with van der Waals surface area (Å²) in [4.78, 5) is 0. The Labute approximate surface area is 84.8 Å². The monoisotopic (exact) mass is 192 g/mol. The second-order valence-electron chi connectivity index (χ2n) is 4.16. The Morgan fingerprint density at radius 2 is 1.79 bits per heavy atom. The average Bonchev–Trinajstić information content (AvgIpc) is 2.84. The smallest absolute Gasteiger partial charge is 0.124 e. The molecule has 14 heavy (non-hydrogen) atoms. The first-order valence-electron chi connectivity index (χ1n) is 4.86. The van der Waals surface area contributed by atoms with Gasteiger partial charge in [-0.1, -0.05) is 0 Å². The minimum atomic E-state index is -0.0399. The summed E-state index contributed by atoms with van der Waals surface area (Å²) in [6, 6.07) is 4.30. The highest BCUT2D eigenvalue weighted by molar-refractivity contribution is 5.45. The standard InChI is InChI=1S/C12H16O2/c1-8-5-10(12(3)7-14-12)6-9(2)11(8)13-4/h5-6H,7H2,1-4H3. The summed E-state index contributed by atoms with van der Waals surface area (Å²) in [5.41, 5.74) is 3.58. The lowest BCUT2D eigenvalue weighted by molar-refractivity contribution is 0.328. The minimum Gasteiger partial charge on any atom is -0.496 e. The first kappa shape index (κ1) is 9.53. The SMILES string of the molecule is COc1c(C)cc(C2(C)CO2)cc1C. The Balaban J connectivity index is 2.47. The van der Waals surface area contributed by atoms with Gasteiger partial charge in [-0.3, -0.25) is 0 Å². The summed E-state index contributed by atoms with van der Waals surface area (Å²) in [7, 11) is 1.71. The number of hydrogen-bond acceptors (Lipinski definition) is 2. The molecule has 1 aliphatic rings. The van der Waals surface area contributed by atoms with Gasteiger partial charge in [0.05, 0.1) is 13.7 Å². The summed E-state index contributed by atoms with van der Waals surface area (Å²) in [6.45, 7) is 7.09. The van der Waals surface area contributed by atoms with Crippen molar-refractivity contribution >= 4 is 0 Å². The Morgan fingerprint density at radius 1 is 1.29 bits per heavy atom. The lowest BCUT2D eigenvalue weighted by Gasteiger charge is -2.13. The molecule has 1 heterocycles. The molecular formula is C12H16O2. The molecule has 2 rings (SSSR count). The van der Waals surface area contributed by atoms with Crippen molar-refractivity contribution in [2.45, 2.75) is 26.4 Å². The molecule has 2 nitrogen and oxygen atoms in total. The zero-order valence-electron chi connectivity index (χ0n) is 9.18. The van der Waals surface area contributed by atoms with Crippen molar-refractivity contribution in [3.63, 3.8) is 0 Å². The normalized spacial score (nSPS) is 24.9. The third-order valence-corrected chi connectivity index (χ3v) is 2.85. The van der Waals surface area contributed by atoms with Gasteiger partial charge in [-0.15, -0.1) is 0 Å². The minimum absolute atomic E-state index is 0.0399. The molecule has 0 aromatic heterocycles. The third kappa shape index (κ3) is 1.40. The highest BCUT2D eigenvalue weighted by atomic mass is 16.6. The van der Waals surface area contributed by atoms with Crippen LogP contribution in [0, 0.1) is 13.8 Å². The summed E-state index contributed by atoms with van der Waals surface area (Å²) in [5, 5.41) is 0. The van der Waals surface area contributed by atoms with E-state index in [2.05, 4.69) is 32.9 Å². The van der Waals surface area contributed by atoms with Gasteiger partial charge in [0.2, 0.25) is 0 Å². The molecule has 0 aliphatic carbocycles. The maximum Gasteiger partial charge on any atom is 0.124 e. The van der Waals surface area contributed by atoms with Gasteiger partial charge >= 0.3 is 0 Å². The maximum atomic E-state index is 5.42. The van der Waals surface area contributed by atoms with Crippen LogP contribution in [0.1, 0.15) is 23.6 Å². The molecule has 1 aromatic rings. The lowest BCUT2D eigenvalue weighted by atomic mass is 9.97. The van der Waals surface area contributed by atoms with Gasteiger partial charge < -0.3 is 9.47 Å². The fourth-order valence-electron chi connectivity index (χ4n) is 1.85. The quantitative estimate of drug-likeness (QED) is 0.672. The molecule has 0 spiro atoms. The van der Waals surface area contributed by atoms with Crippen LogP contribution in [-0.4, -0.2) is 13.7 Å². The predicted molar refractivity (Wildman–Crippen MR) is 55.8 cm³/mol. The fourth-order valence-corrected chi connectivity index (χ4v) is 1.85. The molecular weight excluding hydrogens is 176 g/mol. The number of ether oxygens (including phenoxy) is 2. The number of hydrogen-bond donors (Lipinski definition) is 0. The summed E-state index contributed by atoms with van der Waals surface area (Å²) in [6.07, 6.45) is 0. The highest BCUT2D eigenvalue weighted by Gasteiger charge is 2.41. The molecule has 76 valence electrons. The van der Waals surface area contributed by atoms with Crippen molar-refractivity contribution < 1.29 is 9.47 Å². The Bertz CT molecular complexity index is 342. The van der Waals surface area contributed by atoms with Crippen molar-refractivity contribution in [1.29, 1.82) is 0 Å². The van der Waals surface area contributed by atoms with Crippen LogP contribution in [0.15, 0.2) is 12.1 Å². The van der Waals surface area contributed by atoms with Crippen LogP contribution < -0.4 is 4.74 Å². The maximum absolute atomic E-state index is 5.42. The van der Waals surface area contributed by atoms with Crippen LogP contribution in [0.3, 0.4) is 0 Å². The van der Waals surface area contributed by atoms with Crippen LogP contribution >= 0.6 is 0 Å². The Kier molecular flexibility index (Phi) is 2.04. The van der Waals surface area contributed by atoms with Gasteiger partial charge in [0, 0.05) is 0 Å². The van der Waals surface area contributed by atoms with E-state index in [9.17, 15) is 0 Å². The second-order valence-corrected chi connectivity index (χ2v) is 4.16. The molecule has 0 N–H and O–H groups in total. The molecule has 0 radical (unpaired) electrons. The molecule has 1 unspecified atom stereocenters. The van der Waals surface area contributed by atoms with Gasteiger partial charge in [-0.2, -0.15) is 0 Å². The van der Waals surface area contributed by atoms with Gasteiger partial charge in [0.25, 0.3) is 0 Å². The molecule has 0 amide bonds. The van der Waals surface area contributed by atoms with E-state index in [0.717, 1.165) is 12.4 Å². The van der Waals surface area contributed by atoms with Crippen molar-refractivity contribution in [3.8, 4) is 5.75 Å². The van der Waals surface area contributed by atoms with E-state index in [1.54, 1.807) is 7.11 Å². The number of rotatable bonds is 2. The molecule has 2 heteroatoms. The average molecular weight is 192 g/mol. The van der Waals surface area contributed by atoms with Gasteiger partial charge in [-0.05, 0) is 49.6 Å². The second kappa shape index (κ2) is 2.99. The summed E-state index contributed by atoms with van der Waals surface area (Å²) >= 11 is 0. The number of epoxide rings is 1. The van der Waals surface area contributed by atoms with Crippen LogP contribution in [0.25, 0.3) is 0 Å². The Hall–Kier alpha value is -1.02. The van der Waals surface area contributed by atoms with E-state index in [1.165, 1.54) is 16.7 Å². The number of aryl methyl sites for hydroxylation is 2. The molecule has 1 aromatic carbocycles. The molecule has 1 aliphatic heterocycles. The van der Waals surface area contributed by atoms with E-state index >= 15 is 0 Å². The van der Waals surface area contributed by atoms with Crippen molar-refractivity contribution in [2.24, 2.45) is 0 Å². The number of methoxy groups -OCH3 is 1. The van der Waals surface area contributed by atoms with E-state index in [4.69, 9.17) is 9.47 Å². The van der Waals surface area contributed by atoms with E-state index in [-0.39, 0.29) is 5.60 Å². The first-order chi connectivity index (χ1) is 6.57. The molecule has 1 atom stereocenters. The Morgan fingerprint density at radius 3 is 2.14 bits per heavy atom. The van der Waals surface area contributed by atoms with Crippen LogP contribution in [-0.2, 0) is 10.3 Å². The van der Waals surface area contributed by atoms with E-state index < -0.39 is 0 Å². The zero-order valence-corrected chi connectivity index (χ0v) is 9.18. The predicted octanol–water partition coefficient (Wildman–Crippen LogP) is 2.56. The van der Waals surface area contributed by atoms with Gasteiger partial charge in [0.1, 0.15) is 11.4 Å². The van der Waals surface area contributed by atoms with Crippen LogP contribution in [0.4, 0.5) is 0 Å². The summed E-state index contributed by atoms with van der Waals surface area (Å²) < 4.78 is 10.7. The first-order valence-corrected chi connectivity index (χ1v) is 4.86. The van der Waals surface area contributed by atoms with Crippen LogP contribution in [0.2, 0.25) is 0 Å². The largest absolute Gasteiger partial charge is 0.496 e. The lowest BCUT2D eigenvalue weighted by Crippen LogP contribution is -2.04. The molecule has 0 saturated carbocycles. The third-order valence-electron chi connectivity index (χ3n) is 2.85. The van der Waals surface area contributed by atoms with E-state index in [0.29, 0.717) is 0 Å². The topological polar surface area (TPSA) is 21.8 Å². The van der Waals surface area contributed by atoms with Crippen molar-refractivity contribution in [3.05, 3.63) is 28.8 Å². The van der Waals surface area contributed by atoms with Crippen molar-refractivity contribution in [2.75, 3.05) is 13.7 Å². The van der Waals surface area contributed by atoms with E-state index in [1.807, 2.05) is 0 Å². The van der Waals surface area contributed by atoms with Crippen molar-refractivity contribution in [1.82, 2.24) is 0 Å². The zero-order chi connectivity index (χ0) is 10.3. The van der Waals surface area contributed by atoms with Gasteiger partial charge in [-0.25, -0.2) is 0 Å². The molecule has 1 saturated heterocycles. The van der Waals surface area contributed by atoms with Crippen LogP contribution in [0.5, 0.6) is 5.75 Å².